The summed E-state index contributed by atoms with van der Waals surface area (Å²) >= 11 is 6.19. The minimum atomic E-state index is -0.841. The lowest BCUT2D eigenvalue weighted by atomic mass is 10.1. The molecule has 0 spiro atoms. The summed E-state index contributed by atoms with van der Waals surface area (Å²) in [6, 6.07) is 26.1. The molecular weight excluding hydrogens is 568 g/mol. The van der Waals surface area contributed by atoms with E-state index in [9.17, 15) is 14.4 Å². The molecule has 0 bridgehead atoms. The molecule has 0 unspecified atom stereocenters. The molecule has 218 valence electrons. The summed E-state index contributed by atoms with van der Waals surface area (Å²) < 4.78 is 17.6. The van der Waals surface area contributed by atoms with E-state index in [1.54, 1.807) is 48.5 Å². The molecule has 1 aliphatic heterocycles. The van der Waals surface area contributed by atoms with Gasteiger partial charge in [-0.25, -0.2) is 9.69 Å². The normalized spacial score (nSPS) is 14.1. The Kier molecular flexibility index (Phi) is 9.08. The number of nitrogens with zero attached hydrogens (tertiary/aromatic N) is 1. The Morgan fingerprint density at radius 1 is 0.814 bits per heavy atom. The van der Waals surface area contributed by atoms with Gasteiger partial charge in [0.2, 0.25) is 0 Å². The van der Waals surface area contributed by atoms with Crippen LogP contribution in [0.25, 0.3) is 6.08 Å². The number of ether oxygens (including phenoxy) is 3. The highest BCUT2D eigenvalue weighted by molar-refractivity contribution is 6.39. The first kappa shape index (κ1) is 29.4. The highest BCUT2D eigenvalue weighted by Gasteiger charge is 2.36. The number of carbonyl (C=O) groups excluding carboxylic acids is 3. The molecule has 0 radical (unpaired) electrons. The van der Waals surface area contributed by atoms with Crippen molar-refractivity contribution in [3.63, 3.8) is 0 Å². The number of halogens is 1. The summed E-state index contributed by atoms with van der Waals surface area (Å²) in [4.78, 5) is 39.8. The summed E-state index contributed by atoms with van der Waals surface area (Å²) in [6.45, 7) is 4.86. The monoisotopic (exact) mass is 596 g/mol. The highest BCUT2D eigenvalue weighted by Crippen LogP contribution is 2.31. The summed E-state index contributed by atoms with van der Waals surface area (Å²) in [5, 5.41) is 2.84. The van der Waals surface area contributed by atoms with Crippen molar-refractivity contribution in [2.45, 2.75) is 27.1 Å². The topological polar surface area (TPSA) is 94.2 Å². The predicted molar refractivity (Wildman–Crippen MR) is 164 cm³/mol. The van der Waals surface area contributed by atoms with E-state index in [1.165, 1.54) is 6.08 Å². The number of urea groups is 1. The van der Waals surface area contributed by atoms with Gasteiger partial charge in [-0.15, -0.1) is 0 Å². The Balaban J connectivity index is 1.33. The van der Waals surface area contributed by atoms with Crippen molar-refractivity contribution in [1.82, 2.24) is 5.32 Å². The average Bonchev–Trinajstić information content (AvgIpc) is 2.99. The van der Waals surface area contributed by atoms with E-state index in [-0.39, 0.29) is 17.9 Å². The second-order valence-corrected chi connectivity index (χ2v) is 10.2. The number of hydrogen-bond acceptors (Lipinski definition) is 6. The van der Waals surface area contributed by atoms with Crippen LogP contribution in [0.2, 0.25) is 5.02 Å². The standard InChI is InChI=1S/C34H29ClN2O6/c1-3-41-31-19-23(11-16-30(31)43-20-24-8-6-7-22(2)17-24)18-28-32(38)36-34(40)37(33(28)39)26-12-14-27(15-13-26)42-21-25-9-4-5-10-29(25)35/h4-19H,3,20-21H2,1-2H3,(H,36,38,40)/b28-18+. The minimum Gasteiger partial charge on any atom is -0.490 e. The van der Waals surface area contributed by atoms with Crippen LogP contribution in [0.3, 0.4) is 0 Å². The molecule has 9 heteroatoms. The van der Waals surface area contributed by atoms with Gasteiger partial charge >= 0.3 is 6.03 Å². The third-order valence-corrected chi connectivity index (χ3v) is 6.97. The largest absolute Gasteiger partial charge is 0.490 e. The van der Waals surface area contributed by atoms with Crippen molar-refractivity contribution in [2.75, 3.05) is 11.5 Å². The van der Waals surface area contributed by atoms with Gasteiger partial charge < -0.3 is 14.2 Å². The van der Waals surface area contributed by atoms with Crippen LogP contribution in [0.15, 0.2) is 96.6 Å². The minimum absolute atomic E-state index is 0.200. The number of benzene rings is 4. The fraction of sp³-hybridized carbons (Fsp3) is 0.147. The summed E-state index contributed by atoms with van der Waals surface area (Å²) in [6.07, 6.45) is 1.42. The fourth-order valence-electron chi connectivity index (χ4n) is 4.49. The SMILES string of the molecule is CCOc1cc(/C=C2\C(=O)NC(=O)N(c3ccc(OCc4ccccc4Cl)cc3)C2=O)ccc1OCc1cccc(C)c1. The zero-order chi connectivity index (χ0) is 30.3. The maximum absolute atomic E-state index is 13.4. The number of anilines is 1. The van der Waals surface area contributed by atoms with Crippen LogP contribution in [-0.4, -0.2) is 24.5 Å². The molecule has 1 heterocycles. The molecule has 1 aliphatic rings. The number of imide groups is 2. The molecule has 0 saturated carbocycles. The Labute approximate surface area is 254 Å². The smallest absolute Gasteiger partial charge is 0.335 e. The van der Waals surface area contributed by atoms with Crippen molar-refractivity contribution in [3.05, 3.63) is 124 Å². The molecule has 1 saturated heterocycles. The van der Waals surface area contributed by atoms with Gasteiger partial charge in [-0.1, -0.05) is 65.7 Å². The Morgan fingerprint density at radius 2 is 1.60 bits per heavy atom. The van der Waals surface area contributed by atoms with Crippen LogP contribution in [0.4, 0.5) is 10.5 Å². The van der Waals surface area contributed by atoms with Crippen molar-refractivity contribution < 1.29 is 28.6 Å². The number of rotatable bonds is 10. The Morgan fingerprint density at radius 3 is 2.35 bits per heavy atom. The Hall–Kier alpha value is -5.08. The summed E-state index contributed by atoms with van der Waals surface area (Å²) in [5.74, 6) is -0.0273. The second kappa shape index (κ2) is 13.3. The molecule has 5 rings (SSSR count). The fourth-order valence-corrected chi connectivity index (χ4v) is 4.68. The first-order chi connectivity index (χ1) is 20.8. The molecule has 4 aromatic rings. The molecule has 1 N–H and O–H groups in total. The van der Waals surface area contributed by atoms with Crippen LogP contribution in [0.1, 0.15) is 29.2 Å². The lowest BCUT2D eigenvalue weighted by molar-refractivity contribution is -0.122. The lowest BCUT2D eigenvalue weighted by Gasteiger charge is -2.26. The van der Waals surface area contributed by atoms with Crippen LogP contribution in [0, 0.1) is 6.92 Å². The van der Waals surface area contributed by atoms with E-state index < -0.39 is 17.8 Å². The van der Waals surface area contributed by atoms with Gasteiger partial charge in [0.15, 0.2) is 11.5 Å². The number of aryl methyl sites for hydroxylation is 1. The van der Waals surface area contributed by atoms with Crippen LogP contribution < -0.4 is 24.4 Å². The van der Waals surface area contributed by atoms with Crippen LogP contribution in [-0.2, 0) is 22.8 Å². The predicted octanol–water partition coefficient (Wildman–Crippen LogP) is 6.87. The van der Waals surface area contributed by atoms with Gasteiger partial charge in [0, 0.05) is 10.6 Å². The van der Waals surface area contributed by atoms with E-state index in [0.717, 1.165) is 21.6 Å². The number of hydrogen-bond donors (Lipinski definition) is 1. The molecule has 4 amide bonds. The quantitative estimate of drug-likeness (QED) is 0.159. The number of barbiturate groups is 1. The van der Waals surface area contributed by atoms with Crippen molar-refractivity contribution in [1.29, 1.82) is 0 Å². The average molecular weight is 597 g/mol. The third kappa shape index (κ3) is 7.05. The highest BCUT2D eigenvalue weighted by atomic mass is 35.5. The van der Waals surface area contributed by atoms with E-state index >= 15 is 0 Å². The molecule has 8 nitrogen and oxygen atoms in total. The van der Waals surface area contributed by atoms with Gasteiger partial charge in [0.05, 0.1) is 12.3 Å². The molecule has 1 fully saturated rings. The van der Waals surface area contributed by atoms with E-state index in [2.05, 4.69) is 5.32 Å². The second-order valence-electron chi connectivity index (χ2n) is 9.75. The molecule has 0 aromatic heterocycles. The molecular formula is C34H29ClN2O6. The summed E-state index contributed by atoms with van der Waals surface area (Å²) in [7, 11) is 0. The van der Waals surface area contributed by atoms with E-state index in [0.29, 0.717) is 41.0 Å². The van der Waals surface area contributed by atoms with E-state index in [4.69, 9.17) is 25.8 Å². The van der Waals surface area contributed by atoms with Gasteiger partial charge in [-0.05, 0) is 73.5 Å². The van der Waals surface area contributed by atoms with Crippen molar-refractivity contribution in [3.8, 4) is 17.2 Å². The maximum Gasteiger partial charge on any atom is 0.335 e. The van der Waals surface area contributed by atoms with Crippen molar-refractivity contribution >= 4 is 41.2 Å². The number of carbonyl (C=O) groups is 3. The zero-order valence-corrected chi connectivity index (χ0v) is 24.4. The van der Waals surface area contributed by atoms with Crippen LogP contribution >= 0.6 is 11.6 Å². The lowest BCUT2D eigenvalue weighted by Crippen LogP contribution is -2.54. The summed E-state index contributed by atoms with van der Waals surface area (Å²) in [5.41, 5.74) is 3.58. The first-order valence-corrected chi connectivity index (χ1v) is 14.0. The van der Waals surface area contributed by atoms with Crippen LogP contribution in [0.5, 0.6) is 17.2 Å². The first-order valence-electron chi connectivity index (χ1n) is 13.7. The van der Waals surface area contributed by atoms with Gasteiger partial charge in [0.25, 0.3) is 11.8 Å². The molecule has 4 aromatic carbocycles. The number of nitrogens with one attached hydrogen (secondary N) is 1. The maximum atomic E-state index is 13.4. The van der Waals surface area contributed by atoms with Gasteiger partial charge in [0.1, 0.15) is 24.5 Å². The molecule has 0 aliphatic carbocycles. The zero-order valence-electron chi connectivity index (χ0n) is 23.6. The third-order valence-electron chi connectivity index (χ3n) is 6.60. The van der Waals surface area contributed by atoms with Crippen molar-refractivity contribution in [2.24, 2.45) is 0 Å². The molecule has 43 heavy (non-hydrogen) atoms. The Bertz CT molecular complexity index is 1700. The van der Waals surface area contributed by atoms with Gasteiger partial charge in [-0.3, -0.25) is 14.9 Å². The number of amides is 4. The van der Waals surface area contributed by atoms with Gasteiger partial charge in [-0.2, -0.15) is 0 Å². The molecule has 0 atom stereocenters. The van der Waals surface area contributed by atoms with E-state index in [1.807, 2.05) is 56.3 Å².